The molecule has 0 saturated carbocycles. The van der Waals surface area contributed by atoms with Crippen LogP contribution in [0.1, 0.15) is 28.4 Å². The number of hydrogen-bond acceptors (Lipinski definition) is 2. The van der Waals surface area contributed by atoms with Crippen molar-refractivity contribution >= 4 is 6.03 Å². The normalized spacial score (nSPS) is 18.1. The minimum absolute atomic E-state index is 0.00356. The molecule has 0 bridgehead atoms. The van der Waals surface area contributed by atoms with Gasteiger partial charge in [-0.15, -0.1) is 0 Å². The summed E-state index contributed by atoms with van der Waals surface area (Å²) in [5.41, 5.74) is 5.84. The smallest absolute Gasteiger partial charge is 0.351 e. The SMILES string of the molecule is NC(=O)N1CCc2[nH]ncc2C1c1ccccc1C(F)(F)F. The van der Waals surface area contributed by atoms with Gasteiger partial charge in [0.05, 0.1) is 17.8 Å². The van der Waals surface area contributed by atoms with E-state index in [-0.39, 0.29) is 12.1 Å². The summed E-state index contributed by atoms with van der Waals surface area (Å²) < 4.78 is 39.8. The Labute approximate surface area is 123 Å². The van der Waals surface area contributed by atoms with Crippen LogP contribution in [0, 0.1) is 0 Å². The van der Waals surface area contributed by atoms with Crippen LogP contribution in [0.25, 0.3) is 0 Å². The Balaban J connectivity index is 2.19. The fourth-order valence-corrected chi connectivity index (χ4v) is 2.85. The van der Waals surface area contributed by atoms with Crippen LogP contribution in [-0.4, -0.2) is 27.7 Å². The number of aromatic amines is 1. The molecular formula is C14H13F3N4O. The van der Waals surface area contributed by atoms with Crippen molar-refractivity contribution in [1.29, 1.82) is 0 Å². The number of alkyl halides is 3. The lowest BCUT2D eigenvalue weighted by molar-refractivity contribution is -0.138. The van der Waals surface area contributed by atoms with Gasteiger partial charge in [-0.25, -0.2) is 4.79 Å². The van der Waals surface area contributed by atoms with Crippen LogP contribution in [0.2, 0.25) is 0 Å². The van der Waals surface area contributed by atoms with Gasteiger partial charge in [0.15, 0.2) is 0 Å². The Morgan fingerprint density at radius 1 is 1.32 bits per heavy atom. The summed E-state index contributed by atoms with van der Waals surface area (Å²) in [5.74, 6) is 0. The second kappa shape index (κ2) is 5.04. The van der Waals surface area contributed by atoms with Gasteiger partial charge < -0.3 is 10.6 Å². The van der Waals surface area contributed by atoms with E-state index in [0.717, 1.165) is 11.8 Å². The highest BCUT2D eigenvalue weighted by Crippen LogP contribution is 2.41. The number of nitrogens with one attached hydrogen (secondary N) is 1. The van der Waals surface area contributed by atoms with Crippen molar-refractivity contribution in [2.24, 2.45) is 5.73 Å². The molecular weight excluding hydrogens is 297 g/mol. The highest BCUT2D eigenvalue weighted by atomic mass is 19.4. The Hall–Kier alpha value is -2.51. The summed E-state index contributed by atoms with van der Waals surface area (Å²) in [7, 11) is 0. The van der Waals surface area contributed by atoms with Crippen molar-refractivity contribution in [2.45, 2.75) is 18.6 Å². The van der Waals surface area contributed by atoms with E-state index in [9.17, 15) is 18.0 Å². The minimum Gasteiger partial charge on any atom is -0.351 e. The minimum atomic E-state index is -4.51. The van der Waals surface area contributed by atoms with Gasteiger partial charge in [0.2, 0.25) is 0 Å². The third-order valence-corrected chi connectivity index (χ3v) is 3.80. The molecule has 2 aromatic rings. The van der Waals surface area contributed by atoms with Gasteiger partial charge in [0.1, 0.15) is 0 Å². The monoisotopic (exact) mass is 310 g/mol. The number of primary amides is 1. The molecule has 1 atom stereocenters. The number of nitrogens with zero attached hydrogens (tertiary/aromatic N) is 2. The maximum absolute atomic E-state index is 13.3. The molecule has 1 unspecified atom stereocenters. The maximum atomic E-state index is 13.3. The summed E-state index contributed by atoms with van der Waals surface area (Å²) in [6.45, 7) is 0.237. The molecule has 2 heterocycles. The van der Waals surface area contributed by atoms with Gasteiger partial charge >= 0.3 is 12.2 Å². The molecule has 3 N–H and O–H groups in total. The number of H-pyrrole nitrogens is 1. The van der Waals surface area contributed by atoms with E-state index < -0.39 is 23.8 Å². The molecule has 5 nitrogen and oxygen atoms in total. The highest BCUT2D eigenvalue weighted by Gasteiger charge is 2.40. The Bertz CT molecular complexity index is 710. The highest BCUT2D eigenvalue weighted by molar-refractivity contribution is 5.74. The quantitative estimate of drug-likeness (QED) is 0.849. The lowest BCUT2D eigenvalue weighted by Crippen LogP contribution is -2.43. The zero-order valence-corrected chi connectivity index (χ0v) is 11.4. The predicted molar refractivity (Wildman–Crippen MR) is 71.9 cm³/mol. The molecule has 1 aliphatic rings. The van der Waals surface area contributed by atoms with Crippen LogP contribution in [0.4, 0.5) is 18.0 Å². The van der Waals surface area contributed by atoms with Gasteiger partial charge in [0, 0.05) is 24.2 Å². The molecule has 8 heteroatoms. The Kier molecular flexibility index (Phi) is 3.31. The Morgan fingerprint density at radius 3 is 2.73 bits per heavy atom. The number of aromatic nitrogens is 2. The molecule has 1 aromatic heterocycles. The van der Waals surface area contributed by atoms with Crippen LogP contribution >= 0.6 is 0 Å². The number of fused-ring (bicyclic) bond motifs is 1. The van der Waals surface area contributed by atoms with E-state index in [4.69, 9.17) is 5.73 Å². The summed E-state index contributed by atoms with van der Waals surface area (Å²) >= 11 is 0. The fourth-order valence-electron chi connectivity index (χ4n) is 2.85. The van der Waals surface area contributed by atoms with Crippen LogP contribution in [0.15, 0.2) is 30.5 Å². The van der Waals surface area contributed by atoms with Crippen molar-refractivity contribution in [2.75, 3.05) is 6.54 Å². The second-order valence-corrected chi connectivity index (χ2v) is 5.07. The van der Waals surface area contributed by atoms with Gasteiger partial charge in [-0.3, -0.25) is 5.10 Å². The number of amides is 2. The zero-order chi connectivity index (χ0) is 15.9. The molecule has 0 saturated heterocycles. The molecule has 0 aliphatic carbocycles. The van der Waals surface area contributed by atoms with Gasteiger partial charge in [-0.2, -0.15) is 18.3 Å². The summed E-state index contributed by atoms with van der Waals surface area (Å²) in [6, 6.07) is 3.55. The average molecular weight is 310 g/mol. The van der Waals surface area contributed by atoms with E-state index in [1.54, 1.807) is 0 Å². The number of carbonyl (C=O) groups is 1. The zero-order valence-electron chi connectivity index (χ0n) is 11.4. The number of benzene rings is 1. The van der Waals surface area contributed by atoms with E-state index in [0.29, 0.717) is 12.0 Å². The number of nitrogens with two attached hydrogens (primary N) is 1. The number of rotatable bonds is 1. The maximum Gasteiger partial charge on any atom is 0.416 e. The molecule has 0 fully saturated rings. The lowest BCUT2D eigenvalue weighted by Gasteiger charge is -2.35. The molecule has 116 valence electrons. The number of carbonyl (C=O) groups excluding carboxylic acids is 1. The van der Waals surface area contributed by atoms with Gasteiger partial charge in [-0.05, 0) is 11.6 Å². The van der Waals surface area contributed by atoms with E-state index >= 15 is 0 Å². The van der Waals surface area contributed by atoms with Crippen molar-refractivity contribution in [1.82, 2.24) is 15.1 Å². The first kappa shape index (κ1) is 14.4. The predicted octanol–water partition coefficient (Wildman–Crippen LogP) is 2.45. The number of urea groups is 1. The van der Waals surface area contributed by atoms with Gasteiger partial charge in [-0.1, -0.05) is 18.2 Å². The van der Waals surface area contributed by atoms with Crippen LogP contribution in [0.3, 0.4) is 0 Å². The van der Waals surface area contributed by atoms with E-state index in [1.807, 2.05) is 0 Å². The third-order valence-electron chi connectivity index (χ3n) is 3.80. The molecule has 3 rings (SSSR count). The first-order valence-electron chi connectivity index (χ1n) is 6.64. The van der Waals surface area contributed by atoms with Crippen molar-refractivity contribution < 1.29 is 18.0 Å². The first-order valence-corrected chi connectivity index (χ1v) is 6.64. The summed E-state index contributed by atoms with van der Waals surface area (Å²) in [4.78, 5) is 12.9. The van der Waals surface area contributed by atoms with Gasteiger partial charge in [0.25, 0.3) is 0 Å². The van der Waals surface area contributed by atoms with Crippen molar-refractivity contribution in [3.63, 3.8) is 0 Å². The molecule has 0 spiro atoms. The molecule has 2 amide bonds. The lowest BCUT2D eigenvalue weighted by atomic mass is 9.90. The molecule has 0 radical (unpaired) electrons. The van der Waals surface area contributed by atoms with Crippen molar-refractivity contribution in [3.8, 4) is 0 Å². The molecule has 22 heavy (non-hydrogen) atoms. The third kappa shape index (κ3) is 2.30. The summed E-state index contributed by atoms with van der Waals surface area (Å²) in [5, 5.41) is 6.65. The van der Waals surface area contributed by atoms with E-state index in [1.165, 1.54) is 29.3 Å². The molecule has 1 aliphatic heterocycles. The second-order valence-electron chi connectivity index (χ2n) is 5.07. The average Bonchev–Trinajstić information content (AvgIpc) is 2.93. The van der Waals surface area contributed by atoms with Crippen LogP contribution in [-0.2, 0) is 12.6 Å². The fraction of sp³-hybridized carbons (Fsp3) is 0.286. The largest absolute Gasteiger partial charge is 0.416 e. The molecule has 1 aromatic carbocycles. The summed E-state index contributed by atoms with van der Waals surface area (Å²) in [6.07, 6.45) is -2.59. The topological polar surface area (TPSA) is 75.0 Å². The van der Waals surface area contributed by atoms with Crippen molar-refractivity contribution in [3.05, 3.63) is 52.8 Å². The Morgan fingerprint density at radius 2 is 2.05 bits per heavy atom. The van der Waals surface area contributed by atoms with Crippen LogP contribution < -0.4 is 5.73 Å². The first-order chi connectivity index (χ1) is 10.4. The van der Waals surface area contributed by atoms with E-state index in [2.05, 4.69) is 10.2 Å². The standard InChI is InChI=1S/C14H13F3N4O/c15-14(16,17)10-4-2-1-3-8(10)12-9-7-19-20-11(9)5-6-21(12)13(18)22/h1-4,7,12H,5-6H2,(H2,18,22)(H,19,20). The number of halogens is 3. The van der Waals surface area contributed by atoms with Crippen LogP contribution in [0.5, 0.6) is 0 Å². The number of hydrogen-bond donors (Lipinski definition) is 2.